The summed E-state index contributed by atoms with van der Waals surface area (Å²) >= 11 is 0. The highest BCUT2D eigenvalue weighted by Gasteiger charge is 2.35. The quantitative estimate of drug-likeness (QED) is 0.533. The van der Waals surface area contributed by atoms with Crippen LogP contribution in [0, 0.1) is 21.4 Å². The molecular weight excluding hydrogens is 348 g/mol. The third kappa shape index (κ3) is 2.49. The molecule has 8 heteroatoms. The summed E-state index contributed by atoms with van der Waals surface area (Å²) < 4.78 is 5.64. The van der Waals surface area contributed by atoms with E-state index >= 15 is 0 Å². The van der Waals surface area contributed by atoms with Crippen LogP contribution in [-0.4, -0.2) is 9.91 Å². The van der Waals surface area contributed by atoms with Crippen molar-refractivity contribution in [2.75, 3.05) is 0 Å². The lowest BCUT2D eigenvalue weighted by Gasteiger charge is -2.26. The summed E-state index contributed by atoms with van der Waals surface area (Å²) in [4.78, 5) is 26.2. The minimum absolute atomic E-state index is 0.0313. The van der Waals surface area contributed by atoms with Gasteiger partial charge in [0.05, 0.1) is 21.9 Å². The van der Waals surface area contributed by atoms with Crippen molar-refractivity contribution < 1.29 is 9.66 Å². The van der Waals surface area contributed by atoms with Gasteiger partial charge < -0.3 is 15.5 Å². The molecule has 0 saturated heterocycles. The fraction of sp³-hybridized carbons (Fsp3) is 0.0526. The molecule has 0 bridgehead atoms. The summed E-state index contributed by atoms with van der Waals surface area (Å²) in [6.45, 7) is 0. The molecule has 1 atom stereocenters. The Bertz CT molecular complexity index is 1240. The summed E-state index contributed by atoms with van der Waals surface area (Å²) in [5.41, 5.74) is 6.57. The fourth-order valence-corrected chi connectivity index (χ4v) is 3.32. The van der Waals surface area contributed by atoms with Gasteiger partial charge >= 0.3 is 0 Å². The van der Waals surface area contributed by atoms with E-state index in [2.05, 4.69) is 4.98 Å². The predicted molar refractivity (Wildman–Crippen MR) is 97.0 cm³/mol. The van der Waals surface area contributed by atoms with Gasteiger partial charge in [-0.15, -0.1) is 0 Å². The normalized spacial score (nSPS) is 15.7. The lowest BCUT2D eigenvalue weighted by molar-refractivity contribution is -0.384. The number of H-pyrrole nitrogens is 1. The van der Waals surface area contributed by atoms with Crippen molar-refractivity contribution in [2.24, 2.45) is 5.73 Å². The SMILES string of the molecule is N#CC1=C(N)Oc2c(c(=O)[nH]c3ccccc23)[C@H]1c1cccc([N+](=O)[O-])c1. The Balaban J connectivity index is 2.07. The zero-order chi connectivity index (χ0) is 19.1. The number of para-hydroxylation sites is 1. The van der Waals surface area contributed by atoms with Gasteiger partial charge in [0.2, 0.25) is 5.88 Å². The first-order valence-corrected chi connectivity index (χ1v) is 7.98. The number of nitrogens with zero attached hydrogens (tertiary/aromatic N) is 2. The van der Waals surface area contributed by atoms with Gasteiger partial charge in [-0.25, -0.2) is 0 Å². The van der Waals surface area contributed by atoms with Gasteiger partial charge in [0, 0.05) is 17.5 Å². The van der Waals surface area contributed by atoms with Crippen molar-refractivity contribution in [3.05, 3.63) is 91.6 Å². The number of fused-ring (bicyclic) bond motifs is 3. The molecule has 0 aliphatic carbocycles. The molecule has 1 aliphatic rings. The number of pyridine rings is 1. The number of nitrogens with two attached hydrogens (primary N) is 1. The van der Waals surface area contributed by atoms with Crippen LogP contribution < -0.4 is 16.0 Å². The van der Waals surface area contributed by atoms with Crippen molar-refractivity contribution in [3.63, 3.8) is 0 Å². The van der Waals surface area contributed by atoms with Crippen LogP contribution in [0.25, 0.3) is 10.9 Å². The highest BCUT2D eigenvalue weighted by Crippen LogP contribution is 2.43. The second-order valence-electron chi connectivity index (χ2n) is 6.02. The maximum Gasteiger partial charge on any atom is 0.269 e. The lowest BCUT2D eigenvalue weighted by atomic mass is 9.83. The van der Waals surface area contributed by atoms with Gasteiger partial charge in [0.25, 0.3) is 11.2 Å². The van der Waals surface area contributed by atoms with Gasteiger partial charge in [0.1, 0.15) is 17.4 Å². The van der Waals surface area contributed by atoms with E-state index < -0.39 is 16.4 Å². The molecule has 3 aromatic rings. The maximum atomic E-state index is 12.8. The first-order valence-electron chi connectivity index (χ1n) is 7.98. The number of hydrogen-bond acceptors (Lipinski definition) is 6. The summed E-state index contributed by atoms with van der Waals surface area (Å²) in [5.74, 6) is -0.744. The third-order valence-electron chi connectivity index (χ3n) is 4.50. The predicted octanol–water partition coefficient (Wildman–Crippen LogP) is 2.65. The van der Waals surface area contributed by atoms with Gasteiger partial charge in [-0.05, 0) is 17.7 Å². The summed E-state index contributed by atoms with van der Waals surface area (Å²) in [6.07, 6.45) is 0. The van der Waals surface area contributed by atoms with Crippen molar-refractivity contribution in [1.82, 2.24) is 4.98 Å². The first kappa shape index (κ1) is 16.4. The van der Waals surface area contributed by atoms with E-state index in [1.807, 2.05) is 6.07 Å². The number of rotatable bonds is 2. The lowest BCUT2D eigenvalue weighted by Crippen LogP contribution is -2.27. The van der Waals surface area contributed by atoms with Crippen LogP contribution in [0.2, 0.25) is 0 Å². The summed E-state index contributed by atoms with van der Waals surface area (Å²) in [6, 6.07) is 14.8. The van der Waals surface area contributed by atoms with Crippen molar-refractivity contribution in [3.8, 4) is 11.8 Å². The van der Waals surface area contributed by atoms with E-state index in [1.165, 1.54) is 18.2 Å². The van der Waals surface area contributed by atoms with Gasteiger partial charge in [-0.1, -0.05) is 24.3 Å². The molecule has 2 aromatic carbocycles. The molecule has 0 saturated carbocycles. The molecule has 0 fully saturated rings. The van der Waals surface area contributed by atoms with Gasteiger partial charge in [-0.2, -0.15) is 5.26 Å². The van der Waals surface area contributed by atoms with E-state index in [0.29, 0.717) is 16.5 Å². The molecular formula is C19H12N4O4. The van der Waals surface area contributed by atoms with Crippen LogP contribution >= 0.6 is 0 Å². The zero-order valence-corrected chi connectivity index (χ0v) is 13.8. The highest BCUT2D eigenvalue weighted by atomic mass is 16.6. The van der Waals surface area contributed by atoms with Crippen LogP contribution in [0.5, 0.6) is 5.75 Å². The second-order valence-corrected chi connectivity index (χ2v) is 6.02. The highest BCUT2D eigenvalue weighted by molar-refractivity contribution is 5.87. The van der Waals surface area contributed by atoms with E-state index in [1.54, 1.807) is 30.3 Å². The van der Waals surface area contributed by atoms with Gasteiger partial charge in [0.15, 0.2) is 0 Å². The Morgan fingerprint density at radius 1 is 1.22 bits per heavy atom. The Kier molecular flexibility index (Phi) is 3.63. The van der Waals surface area contributed by atoms with Gasteiger partial charge in [-0.3, -0.25) is 14.9 Å². The summed E-state index contributed by atoms with van der Waals surface area (Å²) in [7, 11) is 0. The Morgan fingerprint density at radius 3 is 2.74 bits per heavy atom. The monoisotopic (exact) mass is 360 g/mol. The molecule has 2 heterocycles. The Morgan fingerprint density at radius 2 is 2.00 bits per heavy atom. The number of non-ortho nitro benzene ring substituents is 1. The van der Waals surface area contributed by atoms with Crippen LogP contribution in [-0.2, 0) is 0 Å². The number of nitro groups is 1. The number of benzene rings is 2. The molecule has 3 N–H and O–H groups in total. The molecule has 0 spiro atoms. The van der Waals surface area contributed by atoms with E-state index in [4.69, 9.17) is 10.5 Å². The minimum Gasteiger partial charge on any atom is -0.439 e. The Hall–Kier alpha value is -4.12. The van der Waals surface area contributed by atoms with Crippen molar-refractivity contribution >= 4 is 16.6 Å². The second kappa shape index (κ2) is 6.00. The topological polar surface area (TPSA) is 135 Å². The maximum absolute atomic E-state index is 12.8. The molecule has 4 rings (SSSR count). The van der Waals surface area contributed by atoms with E-state index in [0.717, 1.165) is 0 Å². The smallest absolute Gasteiger partial charge is 0.269 e. The van der Waals surface area contributed by atoms with E-state index in [-0.39, 0.29) is 28.5 Å². The molecule has 0 radical (unpaired) electrons. The zero-order valence-electron chi connectivity index (χ0n) is 13.8. The number of nitriles is 1. The van der Waals surface area contributed by atoms with Crippen LogP contribution in [0.4, 0.5) is 5.69 Å². The minimum atomic E-state index is -0.869. The third-order valence-corrected chi connectivity index (χ3v) is 4.50. The van der Waals surface area contributed by atoms with Crippen LogP contribution in [0.3, 0.4) is 0 Å². The molecule has 0 unspecified atom stereocenters. The molecule has 132 valence electrons. The fourth-order valence-electron chi connectivity index (χ4n) is 3.32. The van der Waals surface area contributed by atoms with Crippen molar-refractivity contribution in [2.45, 2.75) is 5.92 Å². The van der Waals surface area contributed by atoms with E-state index in [9.17, 15) is 20.2 Å². The number of hydrogen-bond donors (Lipinski definition) is 2. The molecule has 0 amide bonds. The van der Waals surface area contributed by atoms with Crippen molar-refractivity contribution in [1.29, 1.82) is 5.26 Å². The number of aromatic nitrogens is 1. The number of ether oxygens (including phenoxy) is 1. The molecule has 8 nitrogen and oxygen atoms in total. The Labute approximate surface area is 152 Å². The first-order chi connectivity index (χ1) is 13.0. The van der Waals surface area contributed by atoms with Crippen LogP contribution in [0.1, 0.15) is 17.0 Å². The average Bonchev–Trinajstić information content (AvgIpc) is 2.67. The number of allylic oxidation sites excluding steroid dienone is 1. The largest absolute Gasteiger partial charge is 0.439 e. The molecule has 1 aromatic heterocycles. The number of nitrogens with one attached hydrogen (secondary N) is 1. The molecule has 27 heavy (non-hydrogen) atoms. The summed E-state index contributed by atoms with van der Waals surface area (Å²) in [5, 5.41) is 21.4. The molecule has 1 aliphatic heterocycles. The van der Waals surface area contributed by atoms with Crippen LogP contribution in [0.15, 0.2) is 64.8 Å². The average molecular weight is 360 g/mol. The number of aromatic amines is 1. The number of nitro benzene ring substituents is 1. The standard InChI is InChI=1S/C19H12N4O4/c20-9-13-15(10-4-3-5-11(8-10)23(25)26)16-17(27-18(13)21)12-6-1-2-7-14(12)22-19(16)24/h1-8,15H,21H2,(H,22,24)/t15-/m0/s1.